The summed E-state index contributed by atoms with van der Waals surface area (Å²) in [5, 5.41) is -0.966. The normalized spacial score (nSPS) is 14.5. The van der Waals surface area contributed by atoms with Crippen molar-refractivity contribution >= 4 is 15.6 Å². The van der Waals surface area contributed by atoms with Crippen LogP contribution in [0.4, 0.5) is 0 Å². The van der Waals surface area contributed by atoms with E-state index in [1.165, 1.54) is 6.92 Å². The molecule has 0 bridgehead atoms. The Kier molecular flexibility index (Phi) is 4.56. The highest BCUT2D eigenvalue weighted by Gasteiger charge is 2.23. The minimum atomic E-state index is -3.28. The third-order valence-corrected chi connectivity index (χ3v) is 3.20. The van der Waals surface area contributed by atoms with Crippen molar-refractivity contribution in [3.05, 3.63) is 0 Å². The summed E-state index contributed by atoms with van der Waals surface area (Å²) in [7, 11) is -3.28. The van der Waals surface area contributed by atoms with Gasteiger partial charge in [0.2, 0.25) is 0 Å². The Bertz CT molecular complexity index is 266. The van der Waals surface area contributed by atoms with Gasteiger partial charge in [-0.15, -0.1) is 0 Å². The van der Waals surface area contributed by atoms with E-state index < -0.39 is 20.9 Å². The molecule has 0 amide bonds. The molecular weight excluding hydrogens is 192 g/mol. The standard InChI is InChI=1S/C8H16O4S/c1-6(2)12-5-8(9)7(3)13(4,10)11/h6-7H,5H2,1-4H3. The first kappa shape index (κ1) is 12.6. The molecule has 0 rings (SSSR count). The average Bonchev–Trinajstić information content (AvgIpc) is 1.96. The van der Waals surface area contributed by atoms with Gasteiger partial charge in [0.25, 0.3) is 0 Å². The Morgan fingerprint density at radius 1 is 1.31 bits per heavy atom. The molecule has 13 heavy (non-hydrogen) atoms. The summed E-state index contributed by atoms with van der Waals surface area (Å²) in [6.45, 7) is 4.82. The molecule has 0 heterocycles. The van der Waals surface area contributed by atoms with Gasteiger partial charge in [0.05, 0.1) is 6.10 Å². The van der Waals surface area contributed by atoms with E-state index >= 15 is 0 Å². The molecular formula is C8H16O4S. The number of carbonyl (C=O) groups excluding carboxylic acids is 1. The second-order valence-corrected chi connectivity index (χ2v) is 5.66. The highest BCUT2D eigenvalue weighted by Crippen LogP contribution is 2.00. The topological polar surface area (TPSA) is 60.4 Å². The molecule has 5 heteroatoms. The van der Waals surface area contributed by atoms with Crippen molar-refractivity contribution < 1.29 is 17.9 Å². The van der Waals surface area contributed by atoms with E-state index in [9.17, 15) is 13.2 Å². The molecule has 0 saturated heterocycles. The van der Waals surface area contributed by atoms with Crippen LogP contribution in [0.5, 0.6) is 0 Å². The third-order valence-electron chi connectivity index (χ3n) is 1.65. The lowest BCUT2D eigenvalue weighted by atomic mass is 10.3. The van der Waals surface area contributed by atoms with E-state index in [-0.39, 0.29) is 12.7 Å². The third kappa shape index (κ3) is 5.00. The molecule has 0 aliphatic rings. The molecule has 0 aromatic carbocycles. The van der Waals surface area contributed by atoms with Crippen LogP contribution in [0.1, 0.15) is 20.8 Å². The van der Waals surface area contributed by atoms with Gasteiger partial charge in [-0.1, -0.05) is 0 Å². The monoisotopic (exact) mass is 208 g/mol. The number of ketones is 1. The first-order chi connectivity index (χ1) is 5.75. The van der Waals surface area contributed by atoms with E-state index in [1.807, 2.05) is 0 Å². The molecule has 0 N–H and O–H groups in total. The predicted octanol–water partition coefficient (Wildman–Crippen LogP) is 0.414. The van der Waals surface area contributed by atoms with Gasteiger partial charge in [0, 0.05) is 6.26 Å². The zero-order valence-corrected chi connectivity index (χ0v) is 9.22. The summed E-state index contributed by atoms with van der Waals surface area (Å²) in [4.78, 5) is 11.2. The second-order valence-electron chi connectivity index (χ2n) is 3.30. The van der Waals surface area contributed by atoms with Crippen molar-refractivity contribution in [2.75, 3.05) is 12.9 Å². The van der Waals surface area contributed by atoms with E-state index in [2.05, 4.69) is 0 Å². The summed E-state index contributed by atoms with van der Waals surface area (Å²) in [6, 6.07) is 0. The fourth-order valence-corrected chi connectivity index (χ4v) is 1.15. The molecule has 1 unspecified atom stereocenters. The van der Waals surface area contributed by atoms with Crippen LogP contribution in [-0.2, 0) is 19.4 Å². The van der Waals surface area contributed by atoms with Gasteiger partial charge < -0.3 is 4.74 Å². The van der Waals surface area contributed by atoms with Gasteiger partial charge in [-0.2, -0.15) is 0 Å². The summed E-state index contributed by atoms with van der Waals surface area (Å²) in [5.74, 6) is -0.392. The number of Topliss-reactive ketones (excluding diaryl/α,β-unsaturated/α-hetero) is 1. The number of rotatable bonds is 5. The number of hydrogen-bond acceptors (Lipinski definition) is 4. The highest BCUT2D eigenvalue weighted by atomic mass is 32.2. The quantitative estimate of drug-likeness (QED) is 0.656. The van der Waals surface area contributed by atoms with Crippen LogP contribution >= 0.6 is 0 Å². The Morgan fingerprint density at radius 3 is 2.08 bits per heavy atom. The number of hydrogen-bond donors (Lipinski definition) is 0. The molecule has 0 saturated carbocycles. The molecule has 0 radical (unpaired) electrons. The zero-order chi connectivity index (χ0) is 10.6. The van der Waals surface area contributed by atoms with Crippen molar-refractivity contribution in [1.29, 1.82) is 0 Å². The smallest absolute Gasteiger partial charge is 0.176 e. The Labute approximate surface area is 79.2 Å². The van der Waals surface area contributed by atoms with Gasteiger partial charge >= 0.3 is 0 Å². The minimum Gasteiger partial charge on any atom is -0.371 e. The molecule has 0 aliphatic carbocycles. The lowest BCUT2D eigenvalue weighted by molar-refractivity contribution is -0.124. The minimum absolute atomic E-state index is 0.0595. The van der Waals surface area contributed by atoms with E-state index in [4.69, 9.17) is 4.74 Å². The number of ether oxygens (including phenoxy) is 1. The maximum atomic E-state index is 11.2. The maximum Gasteiger partial charge on any atom is 0.176 e. The zero-order valence-electron chi connectivity index (χ0n) is 8.40. The summed E-state index contributed by atoms with van der Waals surface area (Å²) in [6.07, 6.45) is 0.987. The Hall–Kier alpha value is -0.420. The van der Waals surface area contributed by atoms with Gasteiger partial charge in [-0.05, 0) is 20.8 Å². The van der Waals surface area contributed by atoms with Gasteiger partial charge in [0.1, 0.15) is 11.9 Å². The molecule has 0 aliphatic heterocycles. The summed E-state index contributed by atoms with van der Waals surface area (Å²) in [5.41, 5.74) is 0. The van der Waals surface area contributed by atoms with Crippen molar-refractivity contribution in [3.63, 3.8) is 0 Å². The Balaban J connectivity index is 4.14. The van der Waals surface area contributed by atoms with Crippen LogP contribution in [0, 0.1) is 0 Å². The fraction of sp³-hybridized carbons (Fsp3) is 0.875. The maximum absolute atomic E-state index is 11.2. The van der Waals surface area contributed by atoms with Gasteiger partial charge in [0.15, 0.2) is 15.6 Å². The van der Waals surface area contributed by atoms with Crippen LogP contribution in [-0.4, -0.2) is 38.4 Å². The Morgan fingerprint density at radius 2 is 1.77 bits per heavy atom. The highest BCUT2D eigenvalue weighted by molar-refractivity contribution is 7.92. The lowest BCUT2D eigenvalue weighted by Crippen LogP contribution is -2.30. The summed E-state index contributed by atoms with van der Waals surface area (Å²) < 4.78 is 26.9. The molecule has 4 nitrogen and oxygen atoms in total. The SMILES string of the molecule is CC(C)OCC(=O)C(C)S(C)(=O)=O. The molecule has 0 aromatic heterocycles. The number of sulfone groups is 1. The van der Waals surface area contributed by atoms with E-state index in [1.54, 1.807) is 13.8 Å². The predicted molar refractivity (Wildman–Crippen MR) is 50.4 cm³/mol. The van der Waals surface area contributed by atoms with Crippen LogP contribution in [0.15, 0.2) is 0 Å². The molecule has 0 aromatic rings. The van der Waals surface area contributed by atoms with Gasteiger partial charge in [-0.3, -0.25) is 4.79 Å². The average molecular weight is 208 g/mol. The van der Waals surface area contributed by atoms with E-state index in [0.29, 0.717) is 0 Å². The first-order valence-corrected chi connectivity index (χ1v) is 6.03. The molecule has 78 valence electrons. The summed E-state index contributed by atoms with van der Waals surface area (Å²) >= 11 is 0. The van der Waals surface area contributed by atoms with Crippen LogP contribution in [0.25, 0.3) is 0 Å². The largest absolute Gasteiger partial charge is 0.371 e. The van der Waals surface area contributed by atoms with Gasteiger partial charge in [-0.25, -0.2) is 8.42 Å². The van der Waals surface area contributed by atoms with Crippen LogP contribution in [0.3, 0.4) is 0 Å². The fourth-order valence-electron chi connectivity index (χ4n) is 0.605. The molecule has 0 fully saturated rings. The lowest BCUT2D eigenvalue weighted by Gasteiger charge is -2.10. The van der Waals surface area contributed by atoms with E-state index in [0.717, 1.165) is 6.26 Å². The first-order valence-electron chi connectivity index (χ1n) is 4.08. The molecule has 0 spiro atoms. The van der Waals surface area contributed by atoms with Crippen molar-refractivity contribution in [3.8, 4) is 0 Å². The van der Waals surface area contributed by atoms with Crippen molar-refractivity contribution in [2.24, 2.45) is 0 Å². The van der Waals surface area contributed by atoms with Crippen molar-refractivity contribution in [1.82, 2.24) is 0 Å². The molecule has 1 atom stereocenters. The van der Waals surface area contributed by atoms with Crippen LogP contribution < -0.4 is 0 Å². The second kappa shape index (κ2) is 4.72. The number of carbonyl (C=O) groups is 1. The van der Waals surface area contributed by atoms with Crippen LogP contribution in [0.2, 0.25) is 0 Å². The van der Waals surface area contributed by atoms with Crippen molar-refractivity contribution in [2.45, 2.75) is 32.1 Å².